The summed E-state index contributed by atoms with van der Waals surface area (Å²) >= 11 is 10.8. The lowest BCUT2D eigenvalue weighted by Gasteiger charge is -2.10. The third kappa shape index (κ3) is 3.00. The molecule has 0 saturated heterocycles. The number of sulfone groups is 1. The number of halogens is 2. The number of hydrogen-bond donors (Lipinski definition) is 0. The van der Waals surface area contributed by atoms with Crippen LogP contribution in [0, 0.1) is 0 Å². The molecule has 21 heavy (non-hydrogen) atoms. The van der Waals surface area contributed by atoms with Crippen molar-refractivity contribution in [3.8, 4) is 0 Å². The molecule has 108 valence electrons. The molecule has 0 fully saturated rings. The van der Waals surface area contributed by atoms with Crippen molar-refractivity contribution >= 4 is 43.5 Å². The smallest absolute Gasteiger partial charge is 0.254 e. The summed E-state index contributed by atoms with van der Waals surface area (Å²) in [6.07, 6.45) is 0. The monoisotopic (exact) mass is 342 g/mol. The molecule has 0 heterocycles. The molecule has 0 amide bonds. The molecule has 0 aliphatic heterocycles. The lowest BCUT2D eigenvalue weighted by atomic mass is 10.1. The molecule has 0 aliphatic rings. The van der Waals surface area contributed by atoms with Crippen molar-refractivity contribution in [2.45, 2.75) is 9.79 Å². The van der Waals surface area contributed by atoms with Gasteiger partial charge in [-0.25, -0.2) is 8.42 Å². The van der Waals surface area contributed by atoms with Gasteiger partial charge < -0.3 is 0 Å². The summed E-state index contributed by atoms with van der Waals surface area (Å²) in [4.78, 5) is 22.5. The van der Waals surface area contributed by atoms with Gasteiger partial charge in [-0.2, -0.15) is 0 Å². The number of rotatable bonds is 4. The molecule has 2 aromatic carbocycles. The Morgan fingerprint density at radius 3 is 1.95 bits per heavy atom. The molecule has 0 saturated carbocycles. The zero-order chi connectivity index (χ0) is 15.6. The molecule has 2 aromatic rings. The molecule has 0 atom stereocenters. The van der Waals surface area contributed by atoms with E-state index in [1.807, 2.05) is 0 Å². The molecular formula is C14H8Cl2O4S. The summed E-state index contributed by atoms with van der Waals surface area (Å²) in [7, 11) is -3.99. The van der Waals surface area contributed by atoms with Gasteiger partial charge in [0.1, 0.15) is 0 Å². The van der Waals surface area contributed by atoms with Crippen LogP contribution < -0.4 is 0 Å². The fourth-order valence-corrected chi connectivity index (χ4v) is 3.76. The van der Waals surface area contributed by atoms with Crippen LogP contribution in [-0.4, -0.2) is 18.9 Å². The van der Waals surface area contributed by atoms with E-state index in [1.54, 1.807) is 18.2 Å². The fourth-order valence-electron chi connectivity index (χ4n) is 1.85. The zero-order valence-corrected chi connectivity index (χ0v) is 12.7. The summed E-state index contributed by atoms with van der Waals surface area (Å²) < 4.78 is 25.1. The van der Waals surface area contributed by atoms with Gasteiger partial charge >= 0.3 is 0 Å². The van der Waals surface area contributed by atoms with Crippen LogP contribution in [0.25, 0.3) is 0 Å². The van der Waals surface area contributed by atoms with Gasteiger partial charge in [-0.1, -0.05) is 24.3 Å². The van der Waals surface area contributed by atoms with Crippen molar-refractivity contribution in [2.75, 3.05) is 0 Å². The Bertz CT molecular complexity index is 814. The Kier molecular flexibility index (Phi) is 4.46. The van der Waals surface area contributed by atoms with Crippen LogP contribution in [0.15, 0.2) is 58.3 Å². The zero-order valence-electron chi connectivity index (χ0n) is 10.4. The van der Waals surface area contributed by atoms with Gasteiger partial charge in [0.2, 0.25) is 9.84 Å². The quantitative estimate of drug-likeness (QED) is 0.799. The van der Waals surface area contributed by atoms with Crippen LogP contribution in [0.4, 0.5) is 0 Å². The van der Waals surface area contributed by atoms with Gasteiger partial charge in [-0.3, -0.25) is 9.59 Å². The predicted octanol–water partition coefficient (Wildman–Crippen LogP) is 3.28. The van der Waals surface area contributed by atoms with Gasteiger partial charge in [-0.15, -0.1) is 0 Å². The van der Waals surface area contributed by atoms with E-state index in [0.717, 1.165) is 0 Å². The topological polar surface area (TPSA) is 68.3 Å². The second-order valence-electron chi connectivity index (χ2n) is 4.04. The molecular weight excluding hydrogens is 335 g/mol. The van der Waals surface area contributed by atoms with E-state index in [1.165, 1.54) is 30.3 Å². The fraction of sp³-hybridized carbons (Fsp3) is 0. The van der Waals surface area contributed by atoms with Crippen molar-refractivity contribution in [2.24, 2.45) is 0 Å². The Hall–Kier alpha value is -1.69. The SMILES string of the molecule is O=C(Cl)c1cccc(S(=O)(=O)c2ccccc2)c1C(=O)Cl. The summed E-state index contributed by atoms with van der Waals surface area (Å²) in [6, 6.07) is 11.3. The summed E-state index contributed by atoms with van der Waals surface area (Å²) in [5, 5.41) is -2.02. The van der Waals surface area contributed by atoms with Gasteiger partial charge in [0.05, 0.1) is 15.4 Å². The maximum Gasteiger partial charge on any atom is 0.254 e. The predicted molar refractivity (Wildman–Crippen MR) is 78.7 cm³/mol. The van der Waals surface area contributed by atoms with E-state index in [4.69, 9.17) is 23.2 Å². The molecule has 0 N–H and O–H groups in total. The van der Waals surface area contributed by atoms with E-state index in [9.17, 15) is 18.0 Å². The number of benzene rings is 2. The molecule has 0 aromatic heterocycles. The van der Waals surface area contributed by atoms with Crippen molar-refractivity contribution in [3.63, 3.8) is 0 Å². The first kappa shape index (κ1) is 15.7. The molecule has 0 radical (unpaired) electrons. The first-order valence-electron chi connectivity index (χ1n) is 5.68. The summed E-state index contributed by atoms with van der Waals surface area (Å²) in [5.74, 6) is 0. The first-order chi connectivity index (χ1) is 9.85. The minimum absolute atomic E-state index is 0.0108. The number of hydrogen-bond acceptors (Lipinski definition) is 4. The standard InChI is InChI=1S/C14H8Cl2O4S/c15-13(17)10-7-4-8-11(12(10)14(16)18)21(19,20)9-5-2-1-3-6-9/h1-8H. The minimum Gasteiger partial charge on any atom is -0.276 e. The van der Waals surface area contributed by atoms with Gasteiger partial charge in [0.15, 0.2) is 0 Å². The van der Waals surface area contributed by atoms with Crippen LogP contribution in [0.3, 0.4) is 0 Å². The Balaban J connectivity index is 2.79. The van der Waals surface area contributed by atoms with Crippen LogP contribution in [-0.2, 0) is 9.84 Å². The second-order valence-corrected chi connectivity index (χ2v) is 6.65. The van der Waals surface area contributed by atoms with Crippen LogP contribution >= 0.6 is 23.2 Å². The largest absolute Gasteiger partial charge is 0.276 e. The van der Waals surface area contributed by atoms with Gasteiger partial charge in [0.25, 0.3) is 10.5 Å². The van der Waals surface area contributed by atoms with Crippen molar-refractivity contribution in [1.29, 1.82) is 0 Å². The Morgan fingerprint density at radius 2 is 1.43 bits per heavy atom. The normalized spacial score (nSPS) is 11.1. The average molecular weight is 343 g/mol. The van der Waals surface area contributed by atoms with Crippen molar-refractivity contribution < 1.29 is 18.0 Å². The van der Waals surface area contributed by atoms with E-state index >= 15 is 0 Å². The highest BCUT2D eigenvalue weighted by Crippen LogP contribution is 2.28. The van der Waals surface area contributed by atoms with Crippen LogP contribution in [0.5, 0.6) is 0 Å². The minimum atomic E-state index is -3.99. The maximum absolute atomic E-state index is 12.6. The molecule has 0 unspecified atom stereocenters. The molecule has 0 spiro atoms. The van der Waals surface area contributed by atoms with Gasteiger partial charge in [-0.05, 0) is 47.5 Å². The molecule has 0 bridgehead atoms. The highest BCUT2D eigenvalue weighted by Gasteiger charge is 2.27. The van der Waals surface area contributed by atoms with E-state index in [0.29, 0.717) is 0 Å². The molecule has 2 rings (SSSR count). The molecule has 0 aliphatic carbocycles. The van der Waals surface area contributed by atoms with E-state index in [-0.39, 0.29) is 15.4 Å². The Labute approximate surface area is 131 Å². The van der Waals surface area contributed by atoms with Crippen molar-refractivity contribution in [1.82, 2.24) is 0 Å². The van der Waals surface area contributed by atoms with Crippen molar-refractivity contribution in [3.05, 3.63) is 59.7 Å². The molecule has 7 heteroatoms. The highest BCUT2D eigenvalue weighted by molar-refractivity contribution is 7.91. The summed E-state index contributed by atoms with van der Waals surface area (Å²) in [6.45, 7) is 0. The van der Waals surface area contributed by atoms with Crippen LogP contribution in [0.2, 0.25) is 0 Å². The Morgan fingerprint density at radius 1 is 0.810 bits per heavy atom. The summed E-state index contributed by atoms with van der Waals surface area (Å²) in [5.41, 5.74) is -0.656. The van der Waals surface area contributed by atoms with E-state index < -0.39 is 25.9 Å². The average Bonchev–Trinajstić information content (AvgIpc) is 2.47. The third-order valence-corrected chi connectivity index (χ3v) is 4.98. The van der Waals surface area contributed by atoms with Gasteiger partial charge in [0, 0.05) is 5.56 Å². The number of carbonyl (C=O) groups is 2. The maximum atomic E-state index is 12.6. The second kappa shape index (κ2) is 5.97. The van der Waals surface area contributed by atoms with E-state index in [2.05, 4.69) is 0 Å². The molecule has 4 nitrogen and oxygen atoms in total. The third-order valence-electron chi connectivity index (χ3n) is 2.78. The number of carbonyl (C=O) groups excluding carboxylic acids is 2. The lowest BCUT2D eigenvalue weighted by molar-refractivity contribution is 0.104. The van der Waals surface area contributed by atoms with Crippen LogP contribution in [0.1, 0.15) is 20.7 Å². The first-order valence-corrected chi connectivity index (χ1v) is 7.92. The highest BCUT2D eigenvalue weighted by atomic mass is 35.5. The lowest BCUT2D eigenvalue weighted by Crippen LogP contribution is -2.11.